The van der Waals surface area contributed by atoms with Crippen LogP contribution in [0.2, 0.25) is 0 Å². The van der Waals surface area contributed by atoms with Crippen molar-refractivity contribution in [3.63, 3.8) is 0 Å². The topological polar surface area (TPSA) is 148 Å². The van der Waals surface area contributed by atoms with Gasteiger partial charge in [-0.15, -0.1) is 0 Å². The molecule has 0 aliphatic heterocycles. The fourth-order valence-electron chi connectivity index (χ4n) is 2.59. The van der Waals surface area contributed by atoms with Crippen LogP contribution in [0.25, 0.3) is 0 Å². The summed E-state index contributed by atoms with van der Waals surface area (Å²) in [6.45, 7) is -0.569. The summed E-state index contributed by atoms with van der Waals surface area (Å²) in [5.74, 6) is -1.47. The first-order valence-electron chi connectivity index (χ1n) is 7.30. The minimum Gasteiger partial charge on any atom is -0.452 e. The van der Waals surface area contributed by atoms with Crippen molar-refractivity contribution >= 4 is 23.3 Å². The molecule has 0 bridgehead atoms. The van der Waals surface area contributed by atoms with Gasteiger partial charge in [0.2, 0.25) is 0 Å². The van der Waals surface area contributed by atoms with E-state index >= 15 is 0 Å². The Labute approximate surface area is 137 Å². The molecule has 0 radical (unpaired) electrons. The Bertz CT molecular complexity index is 719. The predicted octanol–water partition coefficient (Wildman–Crippen LogP) is 1.29. The number of esters is 1. The number of nitrogens with two attached hydrogens (primary N) is 1. The maximum Gasteiger partial charge on any atom is 0.338 e. The zero-order chi connectivity index (χ0) is 17.7. The number of nitro groups is 1. The maximum atomic E-state index is 11.9. The number of hydrogen-bond acceptors (Lipinski definition) is 7. The third-order valence-electron chi connectivity index (χ3n) is 3.85. The van der Waals surface area contributed by atoms with Crippen LogP contribution < -0.4 is 11.1 Å². The molecule has 9 nitrogen and oxygen atoms in total. The molecule has 0 unspecified atom stereocenters. The van der Waals surface area contributed by atoms with Crippen LogP contribution in [0.4, 0.5) is 11.4 Å². The lowest BCUT2D eigenvalue weighted by atomic mass is 10.00. The normalized spacial score (nSPS) is 15.3. The van der Waals surface area contributed by atoms with Gasteiger partial charge in [0.25, 0.3) is 11.6 Å². The number of rotatable bonds is 5. The molecule has 24 heavy (non-hydrogen) atoms. The average Bonchev–Trinajstić information content (AvgIpc) is 3.01. The average molecular weight is 332 g/mol. The van der Waals surface area contributed by atoms with Crippen molar-refractivity contribution in [3.05, 3.63) is 33.9 Å². The molecule has 1 aromatic carbocycles. The minimum atomic E-state index is -0.899. The van der Waals surface area contributed by atoms with Gasteiger partial charge in [0.05, 0.1) is 16.6 Å². The Morgan fingerprint density at radius 3 is 2.67 bits per heavy atom. The number of nitrogen functional groups attached to an aromatic ring is 1. The standard InChI is InChI=1S/C15H16N4O5/c16-9-15(5-1-2-6-15)18-13(20)8-24-14(21)10-3-4-11(17)12(7-10)19(22)23/h3-4,7H,1-2,5-6,8,17H2,(H,18,20). The van der Waals surface area contributed by atoms with E-state index in [1.54, 1.807) is 0 Å². The number of nitrogens with one attached hydrogen (secondary N) is 1. The summed E-state index contributed by atoms with van der Waals surface area (Å²) in [6, 6.07) is 5.58. The van der Waals surface area contributed by atoms with Gasteiger partial charge in [0.1, 0.15) is 11.2 Å². The van der Waals surface area contributed by atoms with Gasteiger partial charge in [0, 0.05) is 6.07 Å². The number of nitro benzene ring substituents is 1. The molecule has 0 atom stereocenters. The number of nitriles is 1. The molecule has 1 aliphatic carbocycles. The Hall–Kier alpha value is -3.15. The molecule has 2 rings (SSSR count). The van der Waals surface area contributed by atoms with Crippen LogP contribution in [-0.4, -0.2) is 28.9 Å². The van der Waals surface area contributed by atoms with Crippen molar-refractivity contribution in [3.8, 4) is 6.07 Å². The molecule has 0 aromatic heterocycles. The lowest BCUT2D eigenvalue weighted by Crippen LogP contribution is -2.46. The first kappa shape index (κ1) is 17.2. The Kier molecular flexibility index (Phi) is 4.99. The predicted molar refractivity (Wildman–Crippen MR) is 82.7 cm³/mol. The number of anilines is 1. The third kappa shape index (κ3) is 3.78. The van der Waals surface area contributed by atoms with E-state index in [-0.39, 0.29) is 11.3 Å². The highest BCUT2D eigenvalue weighted by atomic mass is 16.6. The molecule has 3 N–H and O–H groups in total. The molecule has 1 aliphatic rings. The van der Waals surface area contributed by atoms with Gasteiger partial charge in [-0.25, -0.2) is 4.79 Å². The van der Waals surface area contributed by atoms with Crippen molar-refractivity contribution in [2.75, 3.05) is 12.3 Å². The van der Waals surface area contributed by atoms with Gasteiger partial charge < -0.3 is 15.8 Å². The first-order chi connectivity index (χ1) is 11.4. The van der Waals surface area contributed by atoms with Crippen LogP contribution in [0.3, 0.4) is 0 Å². The van der Waals surface area contributed by atoms with Crippen LogP contribution >= 0.6 is 0 Å². The summed E-state index contributed by atoms with van der Waals surface area (Å²) in [7, 11) is 0. The monoisotopic (exact) mass is 332 g/mol. The van der Waals surface area contributed by atoms with E-state index < -0.39 is 34.6 Å². The number of benzene rings is 1. The van der Waals surface area contributed by atoms with Crippen molar-refractivity contribution in [1.29, 1.82) is 5.26 Å². The van der Waals surface area contributed by atoms with E-state index in [1.807, 2.05) is 0 Å². The largest absolute Gasteiger partial charge is 0.452 e. The van der Waals surface area contributed by atoms with E-state index in [9.17, 15) is 25.0 Å². The molecule has 0 saturated heterocycles. The lowest BCUT2D eigenvalue weighted by Gasteiger charge is -2.21. The summed E-state index contributed by atoms with van der Waals surface area (Å²) in [4.78, 5) is 33.8. The van der Waals surface area contributed by atoms with E-state index in [0.29, 0.717) is 12.8 Å². The second-order valence-corrected chi connectivity index (χ2v) is 5.56. The van der Waals surface area contributed by atoms with Crippen molar-refractivity contribution < 1.29 is 19.2 Å². The van der Waals surface area contributed by atoms with Crippen LogP contribution in [-0.2, 0) is 9.53 Å². The SMILES string of the molecule is N#CC1(NC(=O)COC(=O)c2ccc(N)c([N+](=O)[O-])c2)CCCC1. The zero-order valence-electron chi connectivity index (χ0n) is 12.8. The Morgan fingerprint density at radius 2 is 2.08 bits per heavy atom. The lowest BCUT2D eigenvalue weighted by molar-refractivity contribution is -0.383. The number of nitrogens with zero attached hydrogens (tertiary/aromatic N) is 2. The van der Waals surface area contributed by atoms with Gasteiger partial charge in [-0.2, -0.15) is 5.26 Å². The maximum absolute atomic E-state index is 11.9. The fraction of sp³-hybridized carbons (Fsp3) is 0.400. The van der Waals surface area contributed by atoms with Crippen molar-refractivity contribution in [1.82, 2.24) is 5.32 Å². The van der Waals surface area contributed by atoms with E-state index in [1.165, 1.54) is 12.1 Å². The molecule has 1 aromatic rings. The van der Waals surface area contributed by atoms with Gasteiger partial charge in [0.15, 0.2) is 6.61 Å². The summed E-state index contributed by atoms with van der Waals surface area (Å²) in [6.07, 6.45) is 2.83. The number of carbonyl (C=O) groups excluding carboxylic acids is 2. The Morgan fingerprint density at radius 1 is 1.42 bits per heavy atom. The van der Waals surface area contributed by atoms with Crippen molar-refractivity contribution in [2.24, 2.45) is 0 Å². The van der Waals surface area contributed by atoms with Crippen LogP contribution in [0.15, 0.2) is 18.2 Å². The molecular weight excluding hydrogens is 316 g/mol. The molecule has 1 saturated carbocycles. The summed E-state index contributed by atoms with van der Waals surface area (Å²) >= 11 is 0. The van der Waals surface area contributed by atoms with Gasteiger partial charge in [-0.1, -0.05) is 0 Å². The van der Waals surface area contributed by atoms with Crippen LogP contribution in [0, 0.1) is 21.4 Å². The summed E-state index contributed by atoms with van der Waals surface area (Å²) < 4.78 is 4.84. The summed E-state index contributed by atoms with van der Waals surface area (Å²) in [5, 5.41) is 22.6. The van der Waals surface area contributed by atoms with Crippen LogP contribution in [0.5, 0.6) is 0 Å². The first-order valence-corrected chi connectivity index (χ1v) is 7.30. The highest BCUT2D eigenvalue weighted by Gasteiger charge is 2.35. The van der Waals surface area contributed by atoms with E-state index in [4.69, 9.17) is 10.5 Å². The molecule has 1 fully saturated rings. The highest BCUT2D eigenvalue weighted by Crippen LogP contribution is 2.28. The summed E-state index contributed by atoms with van der Waals surface area (Å²) in [5.41, 5.74) is 3.97. The van der Waals surface area contributed by atoms with Gasteiger partial charge in [-0.3, -0.25) is 14.9 Å². The molecule has 126 valence electrons. The van der Waals surface area contributed by atoms with E-state index in [2.05, 4.69) is 11.4 Å². The number of carbonyl (C=O) groups is 2. The van der Waals surface area contributed by atoms with Gasteiger partial charge >= 0.3 is 5.97 Å². The number of hydrogen-bond donors (Lipinski definition) is 2. The minimum absolute atomic E-state index is 0.0773. The second kappa shape index (κ2) is 6.95. The molecule has 0 spiro atoms. The molecular formula is C15H16N4O5. The zero-order valence-corrected chi connectivity index (χ0v) is 12.8. The molecule has 9 heteroatoms. The molecule has 0 heterocycles. The third-order valence-corrected chi connectivity index (χ3v) is 3.85. The number of ether oxygens (including phenoxy) is 1. The van der Waals surface area contributed by atoms with Crippen molar-refractivity contribution in [2.45, 2.75) is 31.2 Å². The highest BCUT2D eigenvalue weighted by molar-refractivity contribution is 5.93. The second-order valence-electron chi connectivity index (χ2n) is 5.56. The smallest absolute Gasteiger partial charge is 0.338 e. The fourth-order valence-corrected chi connectivity index (χ4v) is 2.59. The Balaban J connectivity index is 1.96. The van der Waals surface area contributed by atoms with Gasteiger partial charge in [-0.05, 0) is 37.8 Å². The number of amides is 1. The van der Waals surface area contributed by atoms with E-state index in [0.717, 1.165) is 18.9 Å². The quantitative estimate of drug-likeness (QED) is 0.357. The molecule has 1 amide bonds. The van der Waals surface area contributed by atoms with Crippen LogP contribution in [0.1, 0.15) is 36.0 Å².